The molecule has 1 atom stereocenters. The number of carboxylic acids is 2. The number of thioether (sulfide) groups is 1. The second-order valence-electron chi connectivity index (χ2n) is 3.25. The van der Waals surface area contributed by atoms with Crippen molar-refractivity contribution < 1.29 is 24.2 Å². The average molecular weight is 242 g/mol. The molecule has 6 heteroatoms. The summed E-state index contributed by atoms with van der Waals surface area (Å²) in [5.74, 6) is -1.96. The van der Waals surface area contributed by atoms with Gasteiger partial charge in [0.1, 0.15) is 17.5 Å². The van der Waals surface area contributed by atoms with Crippen molar-refractivity contribution >= 4 is 23.7 Å². The SMILES string of the molecule is Cc1oc(C(=O)[O-])cc1CS[C@@H](C)C(=O)[O-]. The second kappa shape index (κ2) is 5.07. The molecular formula is C10H10O5S-2. The van der Waals surface area contributed by atoms with E-state index in [2.05, 4.69) is 0 Å². The number of carbonyl (C=O) groups excluding carboxylic acids is 2. The molecule has 1 aromatic rings. The van der Waals surface area contributed by atoms with Crippen molar-refractivity contribution in [2.45, 2.75) is 24.9 Å². The Morgan fingerprint density at radius 1 is 1.50 bits per heavy atom. The first-order valence-electron chi connectivity index (χ1n) is 4.55. The van der Waals surface area contributed by atoms with Crippen LogP contribution in [0.3, 0.4) is 0 Å². The Morgan fingerprint density at radius 2 is 2.12 bits per heavy atom. The molecule has 0 unspecified atom stereocenters. The van der Waals surface area contributed by atoms with E-state index in [1.165, 1.54) is 13.0 Å². The quantitative estimate of drug-likeness (QED) is 0.679. The van der Waals surface area contributed by atoms with Gasteiger partial charge < -0.3 is 24.2 Å². The zero-order chi connectivity index (χ0) is 12.3. The van der Waals surface area contributed by atoms with Crippen LogP contribution in [0.4, 0.5) is 0 Å². The summed E-state index contributed by atoms with van der Waals surface area (Å²) in [5.41, 5.74) is 0.650. The number of hydrogen-bond acceptors (Lipinski definition) is 6. The van der Waals surface area contributed by atoms with Crippen LogP contribution >= 0.6 is 11.8 Å². The van der Waals surface area contributed by atoms with Gasteiger partial charge in [-0.2, -0.15) is 0 Å². The Labute approximate surface area is 96.5 Å². The Kier molecular flexibility index (Phi) is 4.00. The highest BCUT2D eigenvalue weighted by molar-refractivity contribution is 7.99. The van der Waals surface area contributed by atoms with Gasteiger partial charge in [0.05, 0.1) is 5.97 Å². The van der Waals surface area contributed by atoms with Crippen LogP contribution in [-0.2, 0) is 10.5 Å². The third-order valence-electron chi connectivity index (χ3n) is 2.04. The zero-order valence-corrected chi connectivity index (χ0v) is 9.63. The number of aryl methyl sites for hydroxylation is 1. The molecule has 0 aromatic carbocycles. The van der Waals surface area contributed by atoms with Gasteiger partial charge >= 0.3 is 0 Å². The van der Waals surface area contributed by atoms with Gasteiger partial charge in [0, 0.05) is 16.6 Å². The van der Waals surface area contributed by atoms with E-state index in [4.69, 9.17) is 4.42 Å². The zero-order valence-electron chi connectivity index (χ0n) is 8.81. The monoisotopic (exact) mass is 242 g/mol. The van der Waals surface area contributed by atoms with Crippen LogP contribution < -0.4 is 10.2 Å². The van der Waals surface area contributed by atoms with E-state index in [0.717, 1.165) is 11.8 Å². The molecule has 0 aliphatic carbocycles. The lowest BCUT2D eigenvalue weighted by Crippen LogP contribution is -2.31. The Bertz CT molecular complexity index is 409. The van der Waals surface area contributed by atoms with Crippen LogP contribution in [0.15, 0.2) is 10.5 Å². The first-order valence-corrected chi connectivity index (χ1v) is 5.59. The van der Waals surface area contributed by atoms with E-state index in [0.29, 0.717) is 17.1 Å². The van der Waals surface area contributed by atoms with Crippen molar-refractivity contribution in [2.24, 2.45) is 0 Å². The highest BCUT2D eigenvalue weighted by Gasteiger charge is 2.10. The Hall–Kier alpha value is -1.43. The van der Waals surface area contributed by atoms with Crippen LogP contribution in [-0.4, -0.2) is 17.2 Å². The number of carboxylic acid groups (broad SMARTS) is 2. The molecule has 1 heterocycles. The second-order valence-corrected chi connectivity index (χ2v) is 4.58. The first kappa shape index (κ1) is 12.6. The molecule has 0 N–H and O–H groups in total. The highest BCUT2D eigenvalue weighted by Crippen LogP contribution is 2.22. The number of hydrogen-bond donors (Lipinski definition) is 0. The third kappa shape index (κ3) is 3.03. The van der Waals surface area contributed by atoms with Crippen LogP contribution in [0.5, 0.6) is 0 Å². The van der Waals surface area contributed by atoms with Crippen molar-refractivity contribution in [3.63, 3.8) is 0 Å². The fourth-order valence-corrected chi connectivity index (χ4v) is 1.90. The predicted molar refractivity (Wildman–Crippen MR) is 53.5 cm³/mol. The van der Waals surface area contributed by atoms with Crippen LogP contribution in [0, 0.1) is 6.92 Å². The lowest BCUT2D eigenvalue weighted by molar-refractivity contribution is -0.304. The highest BCUT2D eigenvalue weighted by atomic mass is 32.2. The van der Waals surface area contributed by atoms with Crippen molar-refractivity contribution in [1.82, 2.24) is 0 Å². The number of aromatic carboxylic acids is 1. The molecule has 1 aromatic heterocycles. The minimum Gasteiger partial charge on any atom is -0.549 e. The molecule has 16 heavy (non-hydrogen) atoms. The van der Waals surface area contributed by atoms with Crippen LogP contribution in [0.2, 0.25) is 0 Å². The van der Waals surface area contributed by atoms with Gasteiger partial charge in [0.15, 0.2) is 0 Å². The van der Waals surface area contributed by atoms with E-state index < -0.39 is 17.2 Å². The van der Waals surface area contributed by atoms with E-state index >= 15 is 0 Å². The molecular weight excluding hydrogens is 232 g/mol. The number of aliphatic carboxylic acids is 1. The largest absolute Gasteiger partial charge is 0.549 e. The molecule has 0 spiro atoms. The molecule has 5 nitrogen and oxygen atoms in total. The van der Waals surface area contributed by atoms with Gasteiger partial charge in [-0.05, 0) is 19.9 Å². The summed E-state index contributed by atoms with van der Waals surface area (Å²) in [6.07, 6.45) is 0. The van der Waals surface area contributed by atoms with E-state index in [9.17, 15) is 19.8 Å². The number of rotatable bonds is 5. The van der Waals surface area contributed by atoms with Crippen molar-refractivity contribution in [2.75, 3.05) is 0 Å². The summed E-state index contributed by atoms with van der Waals surface area (Å²) in [6.45, 7) is 3.13. The summed E-state index contributed by atoms with van der Waals surface area (Å²) in [7, 11) is 0. The predicted octanol–water partition coefficient (Wildman–Crippen LogP) is -0.677. The Morgan fingerprint density at radius 3 is 2.56 bits per heavy atom. The molecule has 0 bridgehead atoms. The van der Waals surface area contributed by atoms with E-state index in [-0.39, 0.29) is 5.76 Å². The lowest BCUT2D eigenvalue weighted by atomic mass is 10.3. The molecule has 0 aliphatic rings. The average Bonchev–Trinajstić information content (AvgIpc) is 2.56. The summed E-state index contributed by atoms with van der Waals surface area (Å²) in [5, 5.41) is 20.3. The van der Waals surface area contributed by atoms with Gasteiger partial charge in [-0.15, -0.1) is 11.8 Å². The smallest absolute Gasteiger partial charge is 0.150 e. The minimum atomic E-state index is -1.38. The first-order chi connectivity index (χ1) is 7.41. The summed E-state index contributed by atoms with van der Waals surface area (Å²) < 4.78 is 4.93. The minimum absolute atomic E-state index is 0.241. The van der Waals surface area contributed by atoms with Gasteiger partial charge in [-0.3, -0.25) is 0 Å². The maximum absolute atomic E-state index is 10.5. The van der Waals surface area contributed by atoms with Crippen molar-refractivity contribution in [3.05, 3.63) is 23.2 Å². The van der Waals surface area contributed by atoms with Gasteiger partial charge in [-0.25, -0.2) is 0 Å². The molecule has 0 aliphatic heterocycles. The number of furan rings is 1. The maximum Gasteiger partial charge on any atom is 0.150 e. The normalized spacial score (nSPS) is 12.4. The van der Waals surface area contributed by atoms with Crippen molar-refractivity contribution in [3.8, 4) is 0 Å². The standard InChI is InChI=1S/C10H12O5S/c1-5-7(3-8(15-5)10(13)14)4-16-6(2)9(11)12/h3,6H,4H2,1-2H3,(H,11,12)(H,13,14)/p-2/t6-/m0/s1. The van der Waals surface area contributed by atoms with Gasteiger partial charge in [0.25, 0.3) is 0 Å². The topological polar surface area (TPSA) is 93.4 Å². The molecule has 0 saturated carbocycles. The maximum atomic E-state index is 10.5. The van der Waals surface area contributed by atoms with Crippen LogP contribution in [0.1, 0.15) is 28.8 Å². The summed E-state index contributed by atoms with van der Waals surface area (Å²) >= 11 is 1.14. The summed E-state index contributed by atoms with van der Waals surface area (Å²) in [6, 6.07) is 1.35. The third-order valence-corrected chi connectivity index (χ3v) is 3.21. The van der Waals surface area contributed by atoms with E-state index in [1.54, 1.807) is 6.92 Å². The van der Waals surface area contributed by atoms with Gasteiger partial charge in [0.2, 0.25) is 0 Å². The van der Waals surface area contributed by atoms with Crippen molar-refractivity contribution in [1.29, 1.82) is 0 Å². The lowest BCUT2D eigenvalue weighted by Gasteiger charge is -2.10. The van der Waals surface area contributed by atoms with Crippen LogP contribution in [0.25, 0.3) is 0 Å². The molecule has 88 valence electrons. The molecule has 0 radical (unpaired) electrons. The Balaban J connectivity index is 2.67. The van der Waals surface area contributed by atoms with E-state index in [1.807, 2.05) is 0 Å². The molecule has 0 saturated heterocycles. The molecule has 1 rings (SSSR count). The number of carbonyl (C=O) groups is 2. The van der Waals surface area contributed by atoms with Gasteiger partial charge in [-0.1, -0.05) is 0 Å². The molecule has 0 fully saturated rings. The molecule has 0 amide bonds. The fourth-order valence-electron chi connectivity index (χ4n) is 1.05. The fraction of sp³-hybridized carbons (Fsp3) is 0.400. The summed E-state index contributed by atoms with van der Waals surface area (Å²) in [4.78, 5) is 21.0.